The lowest BCUT2D eigenvalue weighted by Crippen LogP contribution is -2.48. The van der Waals surface area contributed by atoms with Crippen molar-refractivity contribution < 1.29 is 14.6 Å². The summed E-state index contributed by atoms with van der Waals surface area (Å²) in [6, 6.07) is 0. The topological polar surface area (TPSA) is 58.6 Å². The summed E-state index contributed by atoms with van der Waals surface area (Å²) >= 11 is 0. The maximum Gasteiger partial charge on any atom is 0.323 e. The molecule has 0 spiro atoms. The van der Waals surface area contributed by atoms with Crippen LogP contribution < -0.4 is 5.32 Å². The van der Waals surface area contributed by atoms with Crippen LogP contribution in [0.25, 0.3) is 0 Å². The number of hydrogen-bond acceptors (Lipinski definition) is 3. The standard InChI is InChI=1S/C12H21NO3/c1-13-12(11(14)15)6-4-10(8-12)16-7-5-9-2-3-9/h9-10,13H,2-8H2,1H3,(H,14,15). The molecule has 2 saturated carbocycles. The van der Waals surface area contributed by atoms with Crippen molar-refractivity contribution >= 4 is 5.97 Å². The Balaban J connectivity index is 1.74. The predicted molar refractivity (Wildman–Crippen MR) is 60.4 cm³/mol. The molecule has 2 N–H and O–H groups in total. The summed E-state index contributed by atoms with van der Waals surface area (Å²) in [5, 5.41) is 12.1. The van der Waals surface area contributed by atoms with Crippen LogP contribution in [-0.2, 0) is 9.53 Å². The maximum absolute atomic E-state index is 11.2. The molecule has 0 saturated heterocycles. The first-order valence-corrected chi connectivity index (χ1v) is 6.20. The Morgan fingerprint density at radius 1 is 1.50 bits per heavy atom. The van der Waals surface area contributed by atoms with Gasteiger partial charge in [-0.05, 0) is 32.2 Å². The molecule has 0 aliphatic heterocycles. The number of hydrogen-bond donors (Lipinski definition) is 2. The highest BCUT2D eigenvalue weighted by molar-refractivity contribution is 5.79. The second-order valence-corrected chi connectivity index (χ2v) is 5.10. The third-order valence-electron chi connectivity index (χ3n) is 3.93. The maximum atomic E-state index is 11.2. The lowest BCUT2D eigenvalue weighted by atomic mass is 9.98. The molecule has 92 valence electrons. The highest BCUT2D eigenvalue weighted by Gasteiger charge is 2.44. The largest absolute Gasteiger partial charge is 0.480 e. The van der Waals surface area contributed by atoms with Gasteiger partial charge in [0.2, 0.25) is 0 Å². The zero-order chi connectivity index (χ0) is 11.6. The molecule has 2 aliphatic rings. The van der Waals surface area contributed by atoms with E-state index in [9.17, 15) is 9.90 Å². The summed E-state index contributed by atoms with van der Waals surface area (Å²) in [4.78, 5) is 11.2. The van der Waals surface area contributed by atoms with E-state index in [4.69, 9.17) is 4.74 Å². The minimum Gasteiger partial charge on any atom is -0.480 e. The Morgan fingerprint density at radius 2 is 2.25 bits per heavy atom. The monoisotopic (exact) mass is 227 g/mol. The summed E-state index contributed by atoms with van der Waals surface area (Å²) < 4.78 is 5.76. The molecular weight excluding hydrogens is 206 g/mol. The van der Waals surface area contributed by atoms with Gasteiger partial charge in [0.05, 0.1) is 6.10 Å². The highest BCUT2D eigenvalue weighted by atomic mass is 16.5. The second-order valence-electron chi connectivity index (χ2n) is 5.10. The van der Waals surface area contributed by atoms with Crippen LogP contribution in [0.1, 0.15) is 38.5 Å². The van der Waals surface area contributed by atoms with Gasteiger partial charge in [0.1, 0.15) is 5.54 Å². The zero-order valence-electron chi connectivity index (χ0n) is 9.87. The van der Waals surface area contributed by atoms with Gasteiger partial charge in [-0.15, -0.1) is 0 Å². The molecule has 0 radical (unpaired) electrons. The molecule has 2 atom stereocenters. The van der Waals surface area contributed by atoms with Crippen LogP contribution in [0.3, 0.4) is 0 Å². The Labute approximate surface area is 96.4 Å². The van der Waals surface area contributed by atoms with Crippen molar-refractivity contribution in [1.29, 1.82) is 0 Å². The molecule has 2 aliphatic carbocycles. The number of ether oxygens (including phenoxy) is 1. The molecular formula is C12H21NO3. The number of likely N-dealkylation sites (N-methyl/N-ethyl adjacent to an activating group) is 1. The molecule has 2 fully saturated rings. The fourth-order valence-electron chi connectivity index (χ4n) is 2.48. The van der Waals surface area contributed by atoms with E-state index in [1.54, 1.807) is 7.05 Å². The van der Waals surface area contributed by atoms with Crippen molar-refractivity contribution in [2.45, 2.75) is 50.2 Å². The Hall–Kier alpha value is -0.610. The predicted octanol–water partition coefficient (Wildman–Crippen LogP) is 1.40. The minimum atomic E-state index is -0.747. The second kappa shape index (κ2) is 4.72. The van der Waals surface area contributed by atoms with Gasteiger partial charge >= 0.3 is 5.97 Å². The fraction of sp³-hybridized carbons (Fsp3) is 0.917. The molecule has 0 aromatic carbocycles. The van der Waals surface area contributed by atoms with E-state index in [1.807, 2.05) is 0 Å². The van der Waals surface area contributed by atoms with Gasteiger partial charge < -0.3 is 15.2 Å². The van der Waals surface area contributed by atoms with Gasteiger partial charge in [-0.2, -0.15) is 0 Å². The number of carboxylic acids is 1. The molecule has 0 bridgehead atoms. The van der Waals surface area contributed by atoms with Crippen molar-refractivity contribution in [3.8, 4) is 0 Å². The number of carboxylic acid groups (broad SMARTS) is 1. The molecule has 2 unspecified atom stereocenters. The molecule has 0 aromatic heterocycles. The summed E-state index contributed by atoms with van der Waals surface area (Å²) in [6.07, 6.45) is 6.11. The average molecular weight is 227 g/mol. The summed E-state index contributed by atoms with van der Waals surface area (Å²) in [6.45, 7) is 0.800. The van der Waals surface area contributed by atoms with E-state index < -0.39 is 11.5 Å². The smallest absolute Gasteiger partial charge is 0.323 e. The van der Waals surface area contributed by atoms with Gasteiger partial charge in [-0.3, -0.25) is 4.79 Å². The number of nitrogens with one attached hydrogen (secondary N) is 1. The van der Waals surface area contributed by atoms with Gasteiger partial charge in [0, 0.05) is 13.0 Å². The quantitative estimate of drug-likeness (QED) is 0.720. The van der Waals surface area contributed by atoms with Gasteiger partial charge in [0.15, 0.2) is 0 Å². The lowest BCUT2D eigenvalue weighted by Gasteiger charge is -2.23. The van der Waals surface area contributed by atoms with Crippen LogP contribution in [-0.4, -0.2) is 36.4 Å². The van der Waals surface area contributed by atoms with E-state index in [-0.39, 0.29) is 6.10 Å². The number of carbonyl (C=O) groups is 1. The SMILES string of the molecule is CNC1(C(=O)O)CCC(OCCC2CC2)C1. The van der Waals surface area contributed by atoms with Crippen molar-refractivity contribution in [2.24, 2.45) is 5.92 Å². The molecule has 0 heterocycles. The average Bonchev–Trinajstić information content (AvgIpc) is 2.97. The van der Waals surface area contributed by atoms with Gasteiger partial charge in [-0.25, -0.2) is 0 Å². The fourth-order valence-corrected chi connectivity index (χ4v) is 2.48. The first kappa shape index (κ1) is 11.9. The summed E-state index contributed by atoms with van der Waals surface area (Å²) in [7, 11) is 1.72. The number of rotatable bonds is 6. The van der Waals surface area contributed by atoms with Crippen LogP contribution in [0.4, 0.5) is 0 Å². The third kappa shape index (κ3) is 2.55. The van der Waals surface area contributed by atoms with Crippen LogP contribution in [0, 0.1) is 5.92 Å². The van der Waals surface area contributed by atoms with Crippen molar-refractivity contribution in [3.05, 3.63) is 0 Å². The van der Waals surface area contributed by atoms with Gasteiger partial charge in [-0.1, -0.05) is 12.8 Å². The summed E-state index contributed by atoms with van der Waals surface area (Å²) in [5.41, 5.74) is -0.746. The van der Waals surface area contributed by atoms with Crippen molar-refractivity contribution in [1.82, 2.24) is 5.32 Å². The molecule has 0 aromatic rings. The van der Waals surface area contributed by atoms with Crippen molar-refractivity contribution in [2.75, 3.05) is 13.7 Å². The van der Waals surface area contributed by atoms with Crippen LogP contribution in [0.5, 0.6) is 0 Å². The van der Waals surface area contributed by atoms with Crippen molar-refractivity contribution in [3.63, 3.8) is 0 Å². The molecule has 4 heteroatoms. The van der Waals surface area contributed by atoms with E-state index in [0.717, 1.165) is 25.4 Å². The highest BCUT2D eigenvalue weighted by Crippen LogP contribution is 2.34. The van der Waals surface area contributed by atoms with E-state index in [0.29, 0.717) is 12.8 Å². The van der Waals surface area contributed by atoms with Crippen LogP contribution in [0.2, 0.25) is 0 Å². The van der Waals surface area contributed by atoms with E-state index in [1.165, 1.54) is 12.8 Å². The van der Waals surface area contributed by atoms with Gasteiger partial charge in [0.25, 0.3) is 0 Å². The number of aliphatic carboxylic acids is 1. The van der Waals surface area contributed by atoms with E-state index in [2.05, 4.69) is 5.32 Å². The molecule has 16 heavy (non-hydrogen) atoms. The molecule has 2 rings (SSSR count). The Morgan fingerprint density at radius 3 is 2.75 bits per heavy atom. The Kier molecular flexibility index (Phi) is 3.50. The van der Waals surface area contributed by atoms with Crippen LogP contribution in [0.15, 0.2) is 0 Å². The summed E-state index contributed by atoms with van der Waals surface area (Å²) in [5.74, 6) is 0.137. The first-order valence-electron chi connectivity index (χ1n) is 6.20. The minimum absolute atomic E-state index is 0.127. The zero-order valence-corrected chi connectivity index (χ0v) is 9.87. The van der Waals surface area contributed by atoms with Crippen LogP contribution >= 0.6 is 0 Å². The lowest BCUT2D eigenvalue weighted by molar-refractivity contribution is -0.144. The molecule has 4 nitrogen and oxygen atoms in total. The van der Waals surface area contributed by atoms with E-state index >= 15 is 0 Å². The molecule has 0 amide bonds. The first-order chi connectivity index (χ1) is 7.66. The Bertz CT molecular complexity index is 265. The normalized spacial score (nSPS) is 34.2. The third-order valence-corrected chi connectivity index (χ3v) is 3.93.